The minimum atomic E-state index is -0.934. The predicted molar refractivity (Wildman–Crippen MR) is 54.0 cm³/mol. The molecule has 0 saturated heterocycles. The number of hydrogen-bond donors (Lipinski definition) is 3. The molecule has 0 aliphatic carbocycles. The number of carbonyl (C=O) groups is 1. The average molecular weight is 204 g/mol. The first-order valence-corrected chi connectivity index (χ1v) is 4.63. The Morgan fingerprint density at radius 2 is 2.07 bits per heavy atom. The van der Waals surface area contributed by atoms with E-state index in [1.54, 1.807) is 25.9 Å². The van der Waals surface area contributed by atoms with Crippen LogP contribution in [0.2, 0.25) is 0 Å². The number of likely N-dealkylation sites (N-methyl/N-ethyl adjacent to an activating group) is 1. The van der Waals surface area contributed by atoms with Gasteiger partial charge in [0.1, 0.15) is 5.54 Å². The Hall–Kier alpha value is -0.650. The molecule has 0 aromatic heterocycles. The number of aliphatic hydroxyl groups excluding tert-OH is 1. The Morgan fingerprint density at radius 1 is 1.57 bits per heavy atom. The number of aliphatic hydroxyl groups is 1. The van der Waals surface area contributed by atoms with Gasteiger partial charge in [-0.25, -0.2) is 0 Å². The molecule has 5 heteroatoms. The maximum atomic E-state index is 11.0. The third-order valence-electron chi connectivity index (χ3n) is 2.68. The van der Waals surface area contributed by atoms with Gasteiger partial charge in [0.25, 0.3) is 0 Å². The smallest absolute Gasteiger partial charge is 0.323 e. The lowest BCUT2D eigenvalue weighted by molar-refractivity contribution is -0.149. The van der Waals surface area contributed by atoms with Gasteiger partial charge in [0.05, 0.1) is 6.10 Å². The van der Waals surface area contributed by atoms with Crippen LogP contribution in [-0.2, 0) is 4.79 Å². The Kier molecular flexibility index (Phi) is 5.04. The molecule has 0 saturated carbocycles. The van der Waals surface area contributed by atoms with Crippen LogP contribution >= 0.6 is 0 Å². The number of nitrogens with two attached hydrogens (primary N) is 1. The lowest BCUT2D eigenvalue weighted by Crippen LogP contribution is -2.49. The van der Waals surface area contributed by atoms with E-state index in [9.17, 15) is 9.90 Å². The molecular formula is C9H20N2O3. The topological polar surface area (TPSA) is 86.8 Å². The predicted octanol–water partition coefficient (Wildman–Crippen LogP) is -0.509. The Morgan fingerprint density at radius 3 is 2.36 bits per heavy atom. The van der Waals surface area contributed by atoms with E-state index >= 15 is 0 Å². The molecule has 0 aromatic carbocycles. The van der Waals surface area contributed by atoms with Gasteiger partial charge >= 0.3 is 5.97 Å². The first-order chi connectivity index (χ1) is 6.34. The Balaban J connectivity index is 4.32. The van der Waals surface area contributed by atoms with Crippen LogP contribution in [-0.4, -0.2) is 53.4 Å². The largest absolute Gasteiger partial charge is 0.480 e. The molecule has 0 fully saturated rings. The molecule has 84 valence electrons. The van der Waals surface area contributed by atoms with Crippen molar-refractivity contribution in [2.24, 2.45) is 5.73 Å². The summed E-state index contributed by atoms with van der Waals surface area (Å²) in [5.74, 6) is -0.883. The summed E-state index contributed by atoms with van der Waals surface area (Å²) in [5, 5.41) is 18.3. The van der Waals surface area contributed by atoms with Gasteiger partial charge in [0.15, 0.2) is 0 Å². The van der Waals surface area contributed by atoms with Gasteiger partial charge in [0, 0.05) is 6.54 Å². The zero-order valence-corrected chi connectivity index (χ0v) is 9.03. The van der Waals surface area contributed by atoms with E-state index in [0.29, 0.717) is 12.8 Å². The number of hydrogen-bond acceptors (Lipinski definition) is 4. The van der Waals surface area contributed by atoms with Crippen LogP contribution in [0, 0.1) is 0 Å². The van der Waals surface area contributed by atoms with E-state index in [2.05, 4.69) is 0 Å². The normalized spacial score (nSPS) is 17.9. The minimum Gasteiger partial charge on any atom is -0.480 e. The molecule has 0 aromatic rings. The Labute approximate surface area is 84.5 Å². The van der Waals surface area contributed by atoms with E-state index < -0.39 is 17.6 Å². The second-order valence-corrected chi connectivity index (χ2v) is 3.90. The number of nitrogens with zero attached hydrogens (tertiary/aromatic N) is 1. The summed E-state index contributed by atoms with van der Waals surface area (Å²) >= 11 is 0. The van der Waals surface area contributed by atoms with E-state index in [4.69, 9.17) is 10.8 Å². The van der Waals surface area contributed by atoms with Gasteiger partial charge < -0.3 is 15.9 Å². The molecule has 2 unspecified atom stereocenters. The fourth-order valence-electron chi connectivity index (χ4n) is 1.09. The van der Waals surface area contributed by atoms with E-state index in [-0.39, 0.29) is 6.54 Å². The van der Waals surface area contributed by atoms with Crippen molar-refractivity contribution in [1.29, 1.82) is 0 Å². The highest BCUT2D eigenvalue weighted by Crippen LogP contribution is 2.19. The fourth-order valence-corrected chi connectivity index (χ4v) is 1.09. The van der Waals surface area contributed by atoms with Crippen LogP contribution in [0.1, 0.15) is 19.8 Å². The summed E-state index contributed by atoms with van der Waals surface area (Å²) in [6, 6.07) is 0. The molecule has 0 rings (SSSR count). The quantitative estimate of drug-likeness (QED) is 0.542. The van der Waals surface area contributed by atoms with Crippen LogP contribution in [0.4, 0.5) is 0 Å². The number of rotatable bonds is 6. The lowest BCUT2D eigenvalue weighted by Gasteiger charge is -2.32. The molecule has 4 N–H and O–H groups in total. The molecule has 0 aliphatic rings. The van der Waals surface area contributed by atoms with Crippen molar-refractivity contribution in [3.8, 4) is 0 Å². The van der Waals surface area contributed by atoms with E-state index in [0.717, 1.165) is 0 Å². The van der Waals surface area contributed by atoms with Crippen LogP contribution in [0.25, 0.3) is 0 Å². The second-order valence-electron chi connectivity index (χ2n) is 3.90. The highest BCUT2D eigenvalue weighted by atomic mass is 16.4. The van der Waals surface area contributed by atoms with Crippen molar-refractivity contribution in [2.45, 2.75) is 31.4 Å². The summed E-state index contributed by atoms with van der Waals surface area (Å²) in [6.07, 6.45) is 0.166. The summed E-state index contributed by atoms with van der Waals surface area (Å²) in [5.41, 5.74) is 4.31. The minimum absolute atomic E-state index is 0.170. The van der Waals surface area contributed by atoms with Gasteiger partial charge in [-0.15, -0.1) is 0 Å². The molecular weight excluding hydrogens is 184 g/mol. The monoisotopic (exact) mass is 204 g/mol. The maximum Gasteiger partial charge on any atom is 0.323 e. The van der Waals surface area contributed by atoms with Crippen molar-refractivity contribution in [3.05, 3.63) is 0 Å². The van der Waals surface area contributed by atoms with E-state index in [1.807, 2.05) is 0 Å². The van der Waals surface area contributed by atoms with Gasteiger partial charge in [-0.1, -0.05) is 0 Å². The first kappa shape index (κ1) is 13.4. The molecule has 14 heavy (non-hydrogen) atoms. The average Bonchev–Trinajstić information content (AvgIpc) is 2.12. The van der Waals surface area contributed by atoms with Crippen molar-refractivity contribution in [2.75, 3.05) is 20.6 Å². The van der Waals surface area contributed by atoms with Crippen LogP contribution in [0.3, 0.4) is 0 Å². The molecule has 0 radical (unpaired) electrons. The van der Waals surface area contributed by atoms with Crippen LogP contribution in [0.15, 0.2) is 0 Å². The first-order valence-electron chi connectivity index (χ1n) is 4.63. The van der Waals surface area contributed by atoms with Gasteiger partial charge in [-0.3, -0.25) is 9.69 Å². The second kappa shape index (κ2) is 5.29. The summed E-state index contributed by atoms with van der Waals surface area (Å²) in [7, 11) is 3.42. The third kappa shape index (κ3) is 3.25. The maximum absolute atomic E-state index is 11.0. The summed E-state index contributed by atoms with van der Waals surface area (Å²) in [4.78, 5) is 12.6. The molecule has 0 amide bonds. The zero-order valence-electron chi connectivity index (χ0n) is 9.03. The van der Waals surface area contributed by atoms with Crippen molar-refractivity contribution in [3.63, 3.8) is 0 Å². The van der Waals surface area contributed by atoms with Crippen LogP contribution in [0.5, 0.6) is 0 Å². The molecule has 5 nitrogen and oxygen atoms in total. The Bertz CT molecular complexity index is 196. The fraction of sp³-hybridized carbons (Fsp3) is 0.889. The van der Waals surface area contributed by atoms with Crippen molar-refractivity contribution in [1.82, 2.24) is 4.90 Å². The zero-order chi connectivity index (χ0) is 11.4. The summed E-state index contributed by atoms with van der Waals surface area (Å²) < 4.78 is 0. The van der Waals surface area contributed by atoms with Gasteiger partial charge in [-0.2, -0.15) is 0 Å². The number of carboxylic acids is 1. The highest BCUT2D eigenvalue weighted by molar-refractivity contribution is 5.78. The van der Waals surface area contributed by atoms with Crippen molar-refractivity contribution < 1.29 is 15.0 Å². The standard InChI is InChI=1S/C9H20N2O3/c1-9(8(13)14,11(2)3)5-4-7(12)6-10/h7,12H,4-6,10H2,1-3H3,(H,13,14). The van der Waals surface area contributed by atoms with Gasteiger partial charge in [0.2, 0.25) is 0 Å². The number of aliphatic carboxylic acids is 1. The van der Waals surface area contributed by atoms with Crippen LogP contribution < -0.4 is 5.73 Å². The van der Waals surface area contributed by atoms with Crippen molar-refractivity contribution >= 4 is 5.97 Å². The molecule has 2 atom stereocenters. The molecule has 0 bridgehead atoms. The highest BCUT2D eigenvalue weighted by Gasteiger charge is 2.35. The SMILES string of the molecule is CN(C)C(C)(CCC(O)CN)C(=O)O. The molecule has 0 aliphatic heterocycles. The molecule has 0 spiro atoms. The van der Waals surface area contributed by atoms with Gasteiger partial charge in [-0.05, 0) is 33.9 Å². The summed E-state index contributed by atoms with van der Waals surface area (Å²) in [6.45, 7) is 1.81. The van der Waals surface area contributed by atoms with E-state index in [1.165, 1.54) is 0 Å². The molecule has 0 heterocycles. The third-order valence-corrected chi connectivity index (χ3v) is 2.68. The number of carboxylic acid groups (broad SMARTS) is 1. The lowest BCUT2D eigenvalue weighted by atomic mass is 9.93.